The van der Waals surface area contributed by atoms with Gasteiger partial charge in [-0.15, -0.1) is 11.3 Å². The number of hydrogen-bond donors (Lipinski definition) is 1. The zero-order valence-electron chi connectivity index (χ0n) is 12.4. The lowest BCUT2D eigenvalue weighted by molar-refractivity contribution is 0.207. The third kappa shape index (κ3) is 3.76. The van der Waals surface area contributed by atoms with Crippen molar-refractivity contribution in [1.82, 2.24) is 9.47 Å². The Balaban J connectivity index is 1.63. The van der Waals surface area contributed by atoms with Crippen LogP contribution in [0.4, 0.5) is 0 Å². The minimum Gasteiger partial charge on any atom is -0.396 e. The summed E-state index contributed by atoms with van der Waals surface area (Å²) in [5, 5.41) is 11.2. The number of hydrogen-bond acceptors (Lipinski definition) is 3. The molecule has 0 aliphatic carbocycles. The lowest BCUT2D eigenvalue weighted by Crippen LogP contribution is -2.30. The Bertz CT molecular complexity index is 535. The standard InChI is InChI=1S/C17H24N2OS/c20-11-3-7-15-5-1-9-18(15)13-16-6-2-10-19(16)14-17-8-4-12-21-17/h2,4,6,8,10,12,15,20H,1,3,5,7,9,11,13-14H2. The summed E-state index contributed by atoms with van der Waals surface area (Å²) in [5.74, 6) is 0. The van der Waals surface area contributed by atoms with Crippen molar-refractivity contribution in [2.75, 3.05) is 13.2 Å². The highest BCUT2D eigenvalue weighted by atomic mass is 32.1. The SMILES string of the molecule is OCCCC1CCCN1Cc1cccn1Cc1cccs1. The molecule has 1 saturated heterocycles. The Morgan fingerprint density at radius 3 is 3.00 bits per heavy atom. The van der Waals surface area contributed by atoms with Gasteiger partial charge in [0, 0.05) is 36.0 Å². The van der Waals surface area contributed by atoms with E-state index in [0.29, 0.717) is 12.6 Å². The second-order valence-electron chi connectivity index (χ2n) is 5.84. The van der Waals surface area contributed by atoms with Crippen molar-refractivity contribution in [3.63, 3.8) is 0 Å². The number of aromatic nitrogens is 1. The molecule has 1 N–H and O–H groups in total. The smallest absolute Gasteiger partial charge is 0.0566 e. The van der Waals surface area contributed by atoms with Crippen molar-refractivity contribution in [1.29, 1.82) is 0 Å². The van der Waals surface area contributed by atoms with E-state index in [1.54, 1.807) is 0 Å². The summed E-state index contributed by atoms with van der Waals surface area (Å²) in [4.78, 5) is 4.00. The normalized spacial score (nSPS) is 19.4. The molecule has 3 rings (SSSR count). The maximum atomic E-state index is 9.04. The van der Waals surface area contributed by atoms with Crippen LogP contribution in [0, 0.1) is 0 Å². The van der Waals surface area contributed by atoms with E-state index in [9.17, 15) is 0 Å². The predicted octanol–water partition coefficient (Wildman–Crippen LogP) is 3.33. The highest BCUT2D eigenvalue weighted by Gasteiger charge is 2.24. The summed E-state index contributed by atoms with van der Waals surface area (Å²) in [7, 11) is 0. The molecular formula is C17H24N2OS. The molecule has 0 saturated carbocycles. The van der Waals surface area contributed by atoms with Crippen molar-refractivity contribution in [3.8, 4) is 0 Å². The maximum Gasteiger partial charge on any atom is 0.0566 e. The summed E-state index contributed by atoms with van der Waals surface area (Å²) in [6.45, 7) is 3.53. The van der Waals surface area contributed by atoms with E-state index < -0.39 is 0 Å². The van der Waals surface area contributed by atoms with E-state index in [-0.39, 0.29) is 0 Å². The molecule has 114 valence electrons. The average molecular weight is 304 g/mol. The van der Waals surface area contributed by atoms with Crippen molar-refractivity contribution in [3.05, 3.63) is 46.4 Å². The van der Waals surface area contributed by atoms with Gasteiger partial charge in [-0.05, 0) is 55.8 Å². The highest BCUT2D eigenvalue weighted by molar-refractivity contribution is 7.09. The van der Waals surface area contributed by atoms with Gasteiger partial charge >= 0.3 is 0 Å². The van der Waals surface area contributed by atoms with Crippen LogP contribution in [0.2, 0.25) is 0 Å². The molecule has 0 spiro atoms. The van der Waals surface area contributed by atoms with E-state index in [1.165, 1.54) is 30.0 Å². The molecule has 21 heavy (non-hydrogen) atoms. The monoisotopic (exact) mass is 304 g/mol. The molecule has 0 amide bonds. The second kappa shape index (κ2) is 7.25. The molecule has 0 aromatic carbocycles. The Morgan fingerprint density at radius 2 is 2.19 bits per heavy atom. The number of likely N-dealkylation sites (tertiary alicyclic amines) is 1. The number of aliphatic hydroxyl groups excluding tert-OH is 1. The van der Waals surface area contributed by atoms with Gasteiger partial charge in [0.25, 0.3) is 0 Å². The molecular weight excluding hydrogens is 280 g/mol. The molecule has 1 fully saturated rings. The molecule has 3 heterocycles. The fourth-order valence-corrected chi connectivity index (χ4v) is 3.99. The van der Waals surface area contributed by atoms with Crippen LogP contribution in [0.1, 0.15) is 36.3 Å². The molecule has 0 radical (unpaired) electrons. The van der Waals surface area contributed by atoms with Gasteiger partial charge in [-0.2, -0.15) is 0 Å². The summed E-state index contributed by atoms with van der Waals surface area (Å²) in [5.41, 5.74) is 1.40. The van der Waals surface area contributed by atoms with Crippen LogP contribution in [0.25, 0.3) is 0 Å². The van der Waals surface area contributed by atoms with Crippen LogP contribution in [0.3, 0.4) is 0 Å². The average Bonchev–Trinajstić information content (AvgIpc) is 3.21. The van der Waals surface area contributed by atoms with Gasteiger partial charge in [0.1, 0.15) is 0 Å². The first-order chi connectivity index (χ1) is 10.4. The maximum absolute atomic E-state index is 9.04. The van der Waals surface area contributed by atoms with Gasteiger partial charge in [0.05, 0.1) is 6.54 Å². The molecule has 2 aromatic rings. The Hall–Kier alpha value is -1.10. The quantitative estimate of drug-likeness (QED) is 0.850. The molecule has 3 nitrogen and oxygen atoms in total. The molecule has 1 unspecified atom stereocenters. The lowest BCUT2D eigenvalue weighted by atomic mass is 10.1. The lowest BCUT2D eigenvalue weighted by Gasteiger charge is -2.25. The first-order valence-electron chi connectivity index (χ1n) is 7.88. The summed E-state index contributed by atoms with van der Waals surface area (Å²) in [6.07, 6.45) is 6.82. The van der Waals surface area contributed by atoms with Crippen LogP contribution < -0.4 is 0 Å². The second-order valence-corrected chi connectivity index (χ2v) is 6.87. The fraction of sp³-hybridized carbons (Fsp3) is 0.529. The molecule has 1 aliphatic heterocycles. The van der Waals surface area contributed by atoms with Crippen LogP contribution in [0.5, 0.6) is 0 Å². The Morgan fingerprint density at radius 1 is 1.24 bits per heavy atom. The van der Waals surface area contributed by atoms with E-state index in [0.717, 1.165) is 25.9 Å². The highest BCUT2D eigenvalue weighted by Crippen LogP contribution is 2.24. The zero-order valence-corrected chi connectivity index (χ0v) is 13.3. The van der Waals surface area contributed by atoms with E-state index >= 15 is 0 Å². The van der Waals surface area contributed by atoms with E-state index in [1.807, 2.05) is 11.3 Å². The van der Waals surface area contributed by atoms with Crippen LogP contribution in [0.15, 0.2) is 35.8 Å². The molecule has 1 atom stereocenters. The van der Waals surface area contributed by atoms with Gasteiger partial charge in [-0.3, -0.25) is 4.90 Å². The number of aliphatic hydroxyl groups is 1. The Kier molecular flexibility index (Phi) is 5.12. The van der Waals surface area contributed by atoms with Crippen LogP contribution in [-0.4, -0.2) is 33.8 Å². The number of thiophene rings is 1. The van der Waals surface area contributed by atoms with Gasteiger partial charge < -0.3 is 9.67 Å². The fourth-order valence-electron chi connectivity index (χ4n) is 3.28. The predicted molar refractivity (Wildman–Crippen MR) is 87.6 cm³/mol. The third-order valence-corrected chi connectivity index (χ3v) is 5.25. The first-order valence-corrected chi connectivity index (χ1v) is 8.76. The van der Waals surface area contributed by atoms with Crippen LogP contribution >= 0.6 is 11.3 Å². The summed E-state index contributed by atoms with van der Waals surface area (Å²) in [6, 6.07) is 9.38. The first kappa shape index (κ1) is 14.8. The number of nitrogens with zero attached hydrogens (tertiary/aromatic N) is 2. The largest absolute Gasteiger partial charge is 0.396 e. The van der Waals surface area contributed by atoms with Crippen LogP contribution in [-0.2, 0) is 13.1 Å². The third-order valence-electron chi connectivity index (χ3n) is 4.39. The van der Waals surface area contributed by atoms with Crippen molar-refractivity contribution in [2.24, 2.45) is 0 Å². The van der Waals surface area contributed by atoms with E-state index in [2.05, 4.69) is 45.3 Å². The van der Waals surface area contributed by atoms with Gasteiger partial charge in [0.2, 0.25) is 0 Å². The molecule has 1 aliphatic rings. The molecule has 2 aromatic heterocycles. The Labute approximate surface area is 130 Å². The van der Waals surface area contributed by atoms with Gasteiger partial charge in [0.15, 0.2) is 0 Å². The molecule has 0 bridgehead atoms. The van der Waals surface area contributed by atoms with Crippen molar-refractivity contribution in [2.45, 2.75) is 44.8 Å². The minimum atomic E-state index is 0.319. The van der Waals surface area contributed by atoms with Crippen molar-refractivity contribution >= 4 is 11.3 Å². The summed E-state index contributed by atoms with van der Waals surface area (Å²) >= 11 is 1.82. The zero-order chi connectivity index (χ0) is 14.5. The topological polar surface area (TPSA) is 28.4 Å². The van der Waals surface area contributed by atoms with E-state index in [4.69, 9.17) is 5.11 Å². The van der Waals surface area contributed by atoms with Gasteiger partial charge in [-0.25, -0.2) is 0 Å². The minimum absolute atomic E-state index is 0.319. The molecule has 4 heteroatoms. The number of rotatable bonds is 7. The van der Waals surface area contributed by atoms with Crippen molar-refractivity contribution < 1.29 is 5.11 Å². The summed E-state index contributed by atoms with van der Waals surface area (Å²) < 4.78 is 2.37. The van der Waals surface area contributed by atoms with Gasteiger partial charge in [-0.1, -0.05) is 6.07 Å².